The van der Waals surface area contributed by atoms with Crippen LogP contribution in [0.2, 0.25) is 0 Å². The van der Waals surface area contributed by atoms with Gasteiger partial charge in [0.25, 0.3) is 0 Å². The number of benzene rings is 1. The van der Waals surface area contributed by atoms with E-state index in [1.807, 2.05) is 0 Å². The van der Waals surface area contributed by atoms with Crippen molar-refractivity contribution >= 4 is 16.0 Å². The Kier molecular flexibility index (Phi) is 4.92. The lowest BCUT2D eigenvalue weighted by molar-refractivity contribution is -0.144. The first-order valence-corrected chi connectivity index (χ1v) is 8.21. The van der Waals surface area contributed by atoms with Crippen molar-refractivity contribution in [2.75, 3.05) is 27.9 Å². The van der Waals surface area contributed by atoms with Crippen LogP contribution in [-0.2, 0) is 19.6 Å². The summed E-state index contributed by atoms with van der Waals surface area (Å²) < 4.78 is 41.9. The topological polar surface area (TPSA) is 82.1 Å². The van der Waals surface area contributed by atoms with Crippen LogP contribution in [0.3, 0.4) is 0 Å². The van der Waals surface area contributed by atoms with Gasteiger partial charge in [0.15, 0.2) is 0 Å². The molecule has 1 aliphatic heterocycles. The average molecular weight is 329 g/mol. The lowest BCUT2D eigenvalue weighted by Crippen LogP contribution is -2.41. The third-order valence-electron chi connectivity index (χ3n) is 3.63. The minimum atomic E-state index is -3.89. The zero-order valence-electron chi connectivity index (χ0n) is 12.7. The molecule has 7 nitrogen and oxygen atoms in total. The molecule has 0 N–H and O–H groups in total. The largest absolute Gasteiger partial charge is 0.497 e. The number of ether oxygens (including phenoxy) is 3. The molecule has 2 rings (SSSR count). The highest BCUT2D eigenvalue weighted by Gasteiger charge is 2.41. The number of carbonyl (C=O) groups excluding carboxylic acids is 1. The Morgan fingerprint density at radius 2 is 1.95 bits per heavy atom. The molecule has 22 heavy (non-hydrogen) atoms. The molecule has 1 aliphatic rings. The minimum Gasteiger partial charge on any atom is -0.497 e. The van der Waals surface area contributed by atoms with Gasteiger partial charge in [-0.2, -0.15) is 4.31 Å². The van der Waals surface area contributed by atoms with Gasteiger partial charge in [-0.1, -0.05) is 0 Å². The van der Waals surface area contributed by atoms with Crippen LogP contribution in [0.15, 0.2) is 23.1 Å². The molecule has 0 radical (unpaired) electrons. The molecular weight excluding hydrogens is 310 g/mol. The van der Waals surface area contributed by atoms with Crippen LogP contribution in [0, 0.1) is 0 Å². The van der Waals surface area contributed by atoms with E-state index in [0.29, 0.717) is 18.6 Å². The van der Waals surface area contributed by atoms with E-state index >= 15 is 0 Å². The zero-order valence-corrected chi connectivity index (χ0v) is 13.6. The third kappa shape index (κ3) is 2.89. The Morgan fingerprint density at radius 3 is 2.55 bits per heavy atom. The van der Waals surface area contributed by atoms with Crippen LogP contribution in [0.5, 0.6) is 11.5 Å². The number of carbonyl (C=O) groups is 1. The third-order valence-corrected chi connectivity index (χ3v) is 5.56. The highest BCUT2D eigenvalue weighted by Crippen LogP contribution is 2.34. The van der Waals surface area contributed by atoms with Gasteiger partial charge in [0.1, 0.15) is 22.4 Å². The van der Waals surface area contributed by atoms with E-state index < -0.39 is 22.0 Å². The summed E-state index contributed by atoms with van der Waals surface area (Å²) in [6.07, 6.45) is 1.05. The van der Waals surface area contributed by atoms with Gasteiger partial charge in [-0.25, -0.2) is 8.42 Å². The quantitative estimate of drug-likeness (QED) is 0.751. The van der Waals surface area contributed by atoms with E-state index in [9.17, 15) is 13.2 Å². The number of nitrogens with zero attached hydrogens (tertiary/aromatic N) is 1. The normalized spacial score (nSPS) is 19.0. The summed E-state index contributed by atoms with van der Waals surface area (Å²) in [5.41, 5.74) is 0. The van der Waals surface area contributed by atoms with Gasteiger partial charge >= 0.3 is 5.97 Å². The molecule has 1 aromatic rings. The summed E-state index contributed by atoms with van der Waals surface area (Å²) in [6, 6.07) is 3.72. The zero-order chi connectivity index (χ0) is 16.3. The van der Waals surface area contributed by atoms with E-state index in [0.717, 1.165) is 4.31 Å². The molecule has 1 fully saturated rings. The van der Waals surface area contributed by atoms with Crippen LogP contribution in [-0.4, -0.2) is 52.6 Å². The predicted octanol–water partition coefficient (Wildman–Crippen LogP) is 1.03. The summed E-state index contributed by atoms with van der Waals surface area (Å²) in [4.78, 5) is 11.8. The van der Waals surface area contributed by atoms with Crippen molar-refractivity contribution in [3.63, 3.8) is 0 Å². The van der Waals surface area contributed by atoms with E-state index in [1.54, 1.807) is 6.07 Å². The molecule has 1 aromatic carbocycles. The van der Waals surface area contributed by atoms with Crippen molar-refractivity contribution in [2.24, 2.45) is 0 Å². The fourth-order valence-corrected chi connectivity index (χ4v) is 4.33. The Morgan fingerprint density at radius 1 is 1.23 bits per heavy atom. The molecular formula is C14H19NO6S. The second kappa shape index (κ2) is 6.53. The maximum absolute atomic E-state index is 12.9. The van der Waals surface area contributed by atoms with Crippen molar-refractivity contribution in [2.45, 2.75) is 23.8 Å². The monoisotopic (exact) mass is 329 g/mol. The summed E-state index contributed by atoms with van der Waals surface area (Å²) >= 11 is 0. The number of esters is 1. The summed E-state index contributed by atoms with van der Waals surface area (Å²) in [5.74, 6) is 0.0486. The van der Waals surface area contributed by atoms with Crippen LogP contribution in [0.1, 0.15) is 12.8 Å². The summed E-state index contributed by atoms with van der Waals surface area (Å²) in [5, 5.41) is 0. The number of methoxy groups -OCH3 is 3. The van der Waals surface area contributed by atoms with Crippen LogP contribution in [0.4, 0.5) is 0 Å². The summed E-state index contributed by atoms with van der Waals surface area (Å²) in [7, 11) is 0.198. The Labute approximate surface area is 129 Å². The number of hydrogen-bond donors (Lipinski definition) is 0. The predicted molar refractivity (Wildman–Crippen MR) is 78.5 cm³/mol. The molecule has 8 heteroatoms. The maximum Gasteiger partial charge on any atom is 0.324 e. The highest BCUT2D eigenvalue weighted by molar-refractivity contribution is 7.89. The van der Waals surface area contributed by atoms with Crippen LogP contribution < -0.4 is 9.47 Å². The molecule has 1 heterocycles. The minimum absolute atomic E-state index is 0.0230. The van der Waals surface area contributed by atoms with Gasteiger partial charge in [-0.05, 0) is 25.0 Å². The molecule has 0 saturated carbocycles. The number of rotatable bonds is 5. The fourth-order valence-electron chi connectivity index (χ4n) is 2.51. The van der Waals surface area contributed by atoms with Gasteiger partial charge in [0.05, 0.1) is 21.3 Å². The number of sulfonamides is 1. The summed E-state index contributed by atoms with van der Waals surface area (Å²) in [6.45, 7) is 0.266. The van der Waals surface area contributed by atoms with Gasteiger partial charge in [-0.3, -0.25) is 4.79 Å². The molecule has 0 bridgehead atoms. The molecule has 1 atom stereocenters. The molecule has 0 amide bonds. The van der Waals surface area contributed by atoms with E-state index in [-0.39, 0.29) is 17.2 Å². The molecule has 0 aromatic heterocycles. The van der Waals surface area contributed by atoms with E-state index in [2.05, 4.69) is 0 Å². The molecule has 122 valence electrons. The molecule has 0 spiro atoms. The smallest absolute Gasteiger partial charge is 0.324 e. The second-order valence-electron chi connectivity index (χ2n) is 4.81. The lowest BCUT2D eigenvalue weighted by atomic mass is 10.2. The Balaban J connectivity index is 2.48. The van der Waals surface area contributed by atoms with E-state index in [1.165, 1.54) is 33.5 Å². The van der Waals surface area contributed by atoms with Crippen molar-refractivity contribution in [1.29, 1.82) is 0 Å². The molecule has 1 saturated heterocycles. The fraction of sp³-hybridized carbons (Fsp3) is 0.500. The van der Waals surface area contributed by atoms with Crippen LogP contribution in [0.25, 0.3) is 0 Å². The first-order valence-electron chi connectivity index (χ1n) is 6.77. The second-order valence-corrected chi connectivity index (χ2v) is 6.67. The first kappa shape index (κ1) is 16.6. The van der Waals surface area contributed by atoms with Gasteiger partial charge < -0.3 is 14.2 Å². The lowest BCUT2D eigenvalue weighted by Gasteiger charge is -2.23. The number of hydrogen-bond acceptors (Lipinski definition) is 6. The SMILES string of the molecule is COC(=O)C1CCCN1S(=O)(=O)c1cc(OC)ccc1OC. The van der Waals surface area contributed by atoms with Crippen LogP contribution >= 0.6 is 0 Å². The van der Waals surface area contributed by atoms with Crippen molar-refractivity contribution < 1.29 is 27.4 Å². The van der Waals surface area contributed by atoms with Crippen molar-refractivity contribution in [1.82, 2.24) is 4.31 Å². The Hall–Kier alpha value is -1.80. The molecule has 1 unspecified atom stereocenters. The first-order chi connectivity index (χ1) is 10.5. The van der Waals surface area contributed by atoms with Gasteiger partial charge in [-0.15, -0.1) is 0 Å². The van der Waals surface area contributed by atoms with Crippen molar-refractivity contribution in [3.8, 4) is 11.5 Å². The van der Waals surface area contributed by atoms with Gasteiger partial charge in [0.2, 0.25) is 10.0 Å². The van der Waals surface area contributed by atoms with Gasteiger partial charge in [0, 0.05) is 12.6 Å². The Bertz CT molecular complexity index is 657. The average Bonchev–Trinajstić information content (AvgIpc) is 3.03. The standard InChI is InChI=1S/C14H19NO6S/c1-19-10-6-7-12(20-2)13(9-10)22(17,18)15-8-4-5-11(15)14(16)21-3/h6-7,9,11H,4-5,8H2,1-3H3. The van der Waals surface area contributed by atoms with Crippen molar-refractivity contribution in [3.05, 3.63) is 18.2 Å². The van der Waals surface area contributed by atoms with E-state index in [4.69, 9.17) is 14.2 Å². The molecule has 0 aliphatic carbocycles. The maximum atomic E-state index is 12.9. The highest BCUT2D eigenvalue weighted by atomic mass is 32.2.